The molecule has 0 saturated heterocycles. The summed E-state index contributed by atoms with van der Waals surface area (Å²) >= 11 is 5.67. The van der Waals surface area contributed by atoms with Crippen molar-refractivity contribution in [3.8, 4) is 5.75 Å². The van der Waals surface area contributed by atoms with E-state index in [4.69, 9.17) is 20.9 Å². The van der Waals surface area contributed by atoms with Gasteiger partial charge >= 0.3 is 0 Å². The quantitative estimate of drug-likeness (QED) is 0.782. The Morgan fingerprint density at radius 3 is 3.00 bits per heavy atom. The third kappa shape index (κ3) is 2.55. The predicted octanol–water partition coefficient (Wildman–Crippen LogP) is 2.57. The number of hydrogen-bond acceptors (Lipinski definition) is 5. The Hall–Kier alpha value is -1.62. The van der Waals surface area contributed by atoms with E-state index < -0.39 is 0 Å². The summed E-state index contributed by atoms with van der Waals surface area (Å²) in [6, 6.07) is 3.41. The van der Waals surface area contributed by atoms with Crippen molar-refractivity contribution in [3.05, 3.63) is 35.2 Å². The van der Waals surface area contributed by atoms with E-state index in [0.29, 0.717) is 22.7 Å². The van der Waals surface area contributed by atoms with Gasteiger partial charge in [-0.2, -0.15) is 4.98 Å². The fourth-order valence-corrected chi connectivity index (χ4v) is 1.54. The van der Waals surface area contributed by atoms with Crippen LogP contribution in [0.1, 0.15) is 30.5 Å². The lowest BCUT2D eigenvalue weighted by Crippen LogP contribution is -1.96. The molecule has 1 fully saturated rings. The highest BCUT2D eigenvalue weighted by atomic mass is 35.5. The van der Waals surface area contributed by atoms with Gasteiger partial charge < -0.3 is 9.26 Å². The van der Waals surface area contributed by atoms with Crippen LogP contribution in [0.15, 0.2) is 22.9 Å². The monoisotopic (exact) mass is 251 g/mol. The molecule has 0 N–H and O–H groups in total. The summed E-state index contributed by atoms with van der Waals surface area (Å²) < 4.78 is 10.5. The van der Waals surface area contributed by atoms with Gasteiger partial charge in [0.2, 0.25) is 0 Å². The Balaban J connectivity index is 1.60. The Labute approximate surface area is 103 Å². The zero-order valence-corrected chi connectivity index (χ0v) is 9.72. The molecule has 2 heterocycles. The van der Waals surface area contributed by atoms with Gasteiger partial charge in [0.05, 0.1) is 6.20 Å². The normalized spacial score (nSPS) is 14.9. The van der Waals surface area contributed by atoms with E-state index in [-0.39, 0.29) is 6.61 Å². The maximum atomic E-state index is 5.67. The van der Waals surface area contributed by atoms with Crippen molar-refractivity contribution < 1.29 is 9.26 Å². The fraction of sp³-hybridized carbons (Fsp3) is 0.364. The van der Waals surface area contributed by atoms with Gasteiger partial charge in [0.15, 0.2) is 12.4 Å². The Bertz CT molecular complexity index is 508. The average Bonchev–Trinajstić information content (AvgIpc) is 3.09. The number of nitrogens with zero attached hydrogens (tertiary/aromatic N) is 3. The van der Waals surface area contributed by atoms with E-state index in [2.05, 4.69) is 15.1 Å². The zero-order chi connectivity index (χ0) is 11.7. The molecule has 0 amide bonds. The lowest BCUT2D eigenvalue weighted by atomic mass is 10.4. The van der Waals surface area contributed by atoms with Crippen molar-refractivity contribution in [3.63, 3.8) is 0 Å². The molecule has 1 aliphatic carbocycles. The van der Waals surface area contributed by atoms with E-state index in [1.165, 1.54) is 0 Å². The molecule has 88 valence electrons. The van der Waals surface area contributed by atoms with Gasteiger partial charge in [0.25, 0.3) is 5.89 Å². The minimum Gasteiger partial charge on any atom is -0.482 e. The Morgan fingerprint density at radius 1 is 1.41 bits per heavy atom. The molecule has 0 atom stereocenters. The highest BCUT2D eigenvalue weighted by Crippen LogP contribution is 2.38. The molecule has 2 aromatic heterocycles. The van der Waals surface area contributed by atoms with Crippen molar-refractivity contribution >= 4 is 11.6 Å². The second-order valence-electron chi connectivity index (χ2n) is 3.93. The van der Waals surface area contributed by atoms with Crippen LogP contribution in [0.25, 0.3) is 0 Å². The molecule has 0 radical (unpaired) electrons. The van der Waals surface area contributed by atoms with Gasteiger partial charge in [0, 0.05) is 5.92 Å². The number of halogens is 1. The van der Waals surface area contributed by atoms with Gasteiger partial charge in [-0.3, -0.25) is 0 Å². The molecule has 5 nitrogen and oxygen atoms in total. The second-order valence-corrected chi connectivity index (χ2v) is 4.31. The smallest absolute Gasteiger partial charge is 0.264 e. The van der Waals surface area contributed by atoms with Crippen LogP contribution in [0.2, 0.25) is 5.15 Å². The highest BCUT2D eigenvalue weighted by Gasteiger charge is 2.28. The lowest BCUT2D eigenvalue weighted by molar-refractivity contribution is 0.242. The standard InChI is InChI=1S/C11H10ClN3O2/c12-9-4-3-8(5-13-9)16-6-10-14-11(15-17-10)7-1-2-7/h3-5,7H,1-2,6H2. The summed E-state index contributed by atoms with van der Waals surface area (Å²) in [5, 5.41) is 4.34. The van der Waals surface area contributed by atoms with Crippen LogP contribution >= 0.6 is 11.6 Å². The molecule has 0 aliphatic heterocycles. The van der Waals surface area contributed by atoms with Crippen molar-refractivity contribution in [1.82, 2.24) is 15.1 Å². The maximum absolute atomic E-state index is 5.67. The van der Waals surface area contributed by atoms with Crippen LogP contribution < -0.4 is 4.74 Å². The van der Waals surface area contributed by atoms with Gasteiger partial charge in [-0.15, -0.1) is 0 Å². The zero-order valence-electron chi connectivity index (χ0n) is 8.97. The molecule has 0 aromatic carbocycles. The van der Waals surface area contributed by atoms with Crippen LogP contribution in [0.3, 0.4) is 0 Å². The molecule has 17 heavy (non-hydrogen) atoms. The van der Waals surface area contributed by atoms with Crippen LogP contribution in [-0.2, 0) is 6.61 Å². The first-order valence-corrected chi connectivity index (χ1v) is 5.76. The minimum absolute atomic E-state index is 0.253. The van der Waals surface area contributed by atoms with Crippen LogP contribution in [0.4, 0.5) is 0 Å². The third-order valence-corrected chi connectivity index (χ3v) is 2.71. The Morgan fingerprint density at radius 2 is 2.29 bits per heavy atom. The van der Waals surface area contributed by atoms with Gasteiger partial charge in [-0.05, 0) is 25.0 Å². The van der Waals surface area contributed by atoms with Crippen molar-refractivity contribution in [1.29, 1.82) is 0 Å². The predicted molar refractivity (Wildman–Crippen MR) is 59.9 cm³/mol. The van der Waals surface area contributed by atoms with Crippen molar-refractivity contribution in [2.24, 2.45) is 0 Å². The van der Waals surface area contributed by atoms with E-state index in [9.17, 15) is 0 Å². The summed E-state index contributed by atoms with van der Waals surface area (Å²) in [6.45, 7) is 0.253. The molecular weight excluding hydrogens is 242 g/mol. The Kier molecular flexibility index (Phi) is 2.68. The first kappa shape index (κ1) is 10.5. The second kappa shape index (κ2) is 4.33. The molecular formula is C11H10ClN3O2. The summed E-state index contributed by atoms with van der Waals surface area (Å²) in [4.78, 5) is 8.16. The molecule has 6 heteroatoms. The number of aromatic nitrogens is 3. The number of rotatable bonds is 4. The fourth-order valence-electron chi connectivity index (χ4n) is 1.43. The summed E-state index contributed by atoms with van der Waals surface area (Å²) in [5.74, 6) is 2.39. The molecule has 0 unspecified atom stereocenters. The van der Waals surface area contributed by atoms with E-state index in [1.54, 1.807) is 18.3 Å². The average molecular weight is 252 g/mol. The summed E-state index contributed by atoms with van der Waals surface area (Å²) in [5.41, 5.74) is 0. The van der Waals surface area contributed by atoms with E-state index >= 15 is 0 Å². The van der Waals surface area contributed by atoms with Gasteiger partial charge in [-0.1, -0.05) is 16.8 Å². The van der Waals surface area contributed by atoms with Crippen LogP contribution in [0.5, 0.6) is 5.75 Å². The first-order chi connectivity index (χ1) is 8.31. The highest BCUT2D eigenvalue weighted by molar-refractivity contribution is 6.29. The van der Waals surface area contributed by atoms with E-state index in [0.717, 1.165) is 18.7 Å². The minimum atomic E-state index is 0.253. The van der Waals surface area contributed by atoms with Crippen molar-refractivity contribution in [2.45, 2.75) is 25.4 Å². The summed E-state index contributed by atoms with van der Waals surface area (Å²) in [7, 11) is 0. The molecule has 2 aromatic rings. The third-order valence-electron chi connectivity index (χ3n) is 2.49. The SMILES string of the molecule is Clc1ccc(OCc2nc(C3CC3)no2)cn1. The number of hydrogen-bond donors (Lipinski definition) is 0. The lowest BCUT2D eigenvalue weighted by Gasteiger charge is -2.01. The first-order valence-electron chi connectivity index (χ1n) is 5.38. The molecule has 0 spiro atoms. The van der Waals surface area contributed by atoms with E-state index in [1.807, 2.05) is 0 Å². The van der Waals surface area contributed by atoms with Crippen LogP contribution in [0, 0.1) is 0 Å². The van der Waals surface area contributed by atoms with Gasteiger partial charge in [-0.25, -0.2) is 4.98 Å². The molecule has 3 rings (SSSR count). The summed E-state index contributed by atoms with van der Waals surface area (Å²) in [6.07, 6.45) is 3.86. The largest absolute Gasteiger partial charge is 0.482 e. The molecule has 1 aliphatic rings. The molecule has 1 saturated carbocycles. The van der Waals surface area contributed by atoms with Gasteiger partial charge in [0.1, 0.15) is 10.9 Å². The number of ether oxygens (including phenoxy) is 1. The topological polar surface area (TPSA) is 61.0 Å². The molecule has 0 bridgehead atoms. The van der Waals surface area contributed by atoms with Crippen molar-refractivity contribution in [2.75, 3.05) is 0 Å². The maximum Gasteiger partial charge on any atom is 0.264 e. The number of pyridine rings is 1. The van der Waals surface area contributed by atoms with Crippen LogP contribution in [-0.4, -0.2) is 15.1 Å².